The van der Waals surface area contributed by atoms with Gasteiger partial charge in [-0.15, -0.1) is 0 Å². The van der Waals surface area contributed by atoms with E-state index >= 15 is 0 Å². The molecule has 0 amide bonds. The van der Waals surface area contributed by atoms with Gasteiger partial charge in [0.05, 0.1) is 23.5 Å². The molecule has 15 heavy (non-hydrogen) atoms. The summed E-state index contributed by atoms with van der Waals surface area (Å²) >= 11 is 3.04. The Morgan fingerprint density at radius 1 is 1.67 bits per heavy atom. The van der Waals surface area contributed by atoms with Gasteiger partial charge in [0, 0.05) is 11.6 Å². The summed E-state index contributed by atoms with van der Waals surface area (Å²) in [7, 11) is 0. The second kappa shape index (κ2) is 4.87. The molecule has 1 rings (SSSR count). The van der Waals surface area contributed by atoms with Gasteiger partial charge in [-0.05, 0) is 15.9 Å². The molecule has 0 fully saturated rings. The number of aliphatic hydroxyl groups is 1. The first-order chi connectivity index (χ1) is 7.07. The summed E-state index contributed by atoms with van der Waals surface area (Å²) in [6, 6.07) is 6.14. The maximum Gasteiger partial charge on any atom is 0.283 e. The Morgan fingerprint density at radius 2 is 2.33 bits per heavy atom. The summed E-state index contributed by atoms with van der Waals surface area (Å²) in [6.07, 6.45) is -1.11. The Morgan fingerprint density at radius 3 is 2.87 bits per heavy atom. The molecule has 0 spiro atoms. The van der Waals surface area contributed by atoms with Crippen LogP contribution in [0.3, 0.4) is 0 Å². The van der Waals surface area contributed by atoms with Crippen molar-refractivity contribution in [2.24, 2.45) is 0 Å². The molecule has 0 saturated carbocycles. The van der Waals surface area contributed by atoms with Crippen molar-refractivity contribution in [3.8, 4) is 6.07 Å². The molecule has 1 unspecified atom stereocenters. The number of halogens is 1. The Balaban J connectivity index is 3.16. The number of benzene rings is 1. The van der Waals surface area contributed by atoms with E-state index in [1.807, 2.05) is 0 Å². The molecule has 0 radical (unpaired) electrons. The maximum absolute atomic E-state index is 10.6. The lowest BCUT2D eigenvalue weighted by molar-refractivity contribution is -0.385. The van der Waals surface area contributed by atoms with Crippen LogP contribution in [0.4, 0.5) is 5.69 Å². The lowest BCUT2D eigenvalue weighted by Crippen LogP contribution is -1.99. The normalized spacial score (nSPS) is 11.8. The molecule has 5 nitrogen and oxygen atoms in total. The second-order valence-electron chi connectivity index (χ2n) is 2.82. The molecule has 0 bridgehead atoms. The van der Waals surface area contributed by atoms with Crippen LogP contribution in [0.2, 0.25) is 0 Å². The van der Waals surface area contributed by atoms with Crippen LogP contribution >= 0.6 is 15.9 Å². The van der Waals surface area contributed by atoms with Crippen molar-refractivity contribution in [1.29, 1.82) is 5.26 Å². The molecule has 0 heterocycles. The smallest absolute Gasteiger partial charge is 0.283 e. The maximum atomic E-state index is 10.6. The Labute approximate surface area is 94.2 Å². The molecular formula is C9H7BrN2O3. The van der Waals surface area contributed by atoms with Gasteiger partial charge in [-0.3, -0.25) is 10.1 Å². The minimum absolute atomic E-state index is 0.0975. The largest absolute Gasteiger partial charge is 0.387 e. The summed E-state index contributed by atoms with van der Waals surface area (Å²) in [5.74, 6) is 0. The van der Waals surface area contributed by atoms with E-state index < -0.39 is 11.0 Å². The zero-order valence-corrected chi connectivity index (χ0v) is 9.14. The summed E-state index contributed by atoms with van der Waals surface area (Å²) in [5, 5.41) is 28.5. The number of nitro groups is 1. The monoisotopic (exact) mass is 270 g/mol. The number of hydrogen-bond acceptors (Lipinski definition) is 4. The lowest BCUT2D eigenvalue weighted by Gasteiger charge is -2.08. The average Bonchev–Trinajstić information content (AvgIpc) is 2.17. The van der Waals surface area contributed by atoms with Crippen LogP contribution in [0.5, 0.6) is 0 Å². The third-order valence-electron chi connectivity index (χ3n) is 1.85. The fourth-order valence-corrected chi connectivity index (χ4v) is 1.81. The van der Waals surface area contributed by atoms with Gasteiger partial charge in [0.15, 0.2) is 0 Å². The van der Waals surface area contributed by atoms with Crippen LogP contribution in [-0.4, -0.2) is 10.0 Å². The van der Waals surface area contributed by atoms with E-state index in [9.17, 15) is 15.2 Å². The highest BCUT2D eigenvalue weighted by Gasteiger charge is 2.19. The van der Waals surface area contributed by atoms with Gasteiger partial charge in [-0.25, -0.2) is 0 Å². The first kappa shape index (κ1) is 11.6. The van der Waals surface area contributed by atoms with E-state index in [0.717, 1.165) is 0 Å². The van der Waals surface area contributed by atoms with E-state index in [0.29, 0.717) is 5.56 Å². The van der Waals surface area contributed by atoms with Crippen molar-refractivity contribution in [1.82, 2.24) is 0 Å². The number of hydrogen-bond donors (Lipinski definition) is 1. The fourth-order valence-electron chi connectivity index (χ4n) is 1.13. The van der Waals surface area contributed by atoms with Crippen LogP contribution < -0.4 is 0 Å². The quantitative estimate of drug-likeness (QED) is 0.674. The number of nitro benzene ring substituents is 1. The highest BCUT2D eigenvalue weighted by molar-refractivity contribution is 9.10. The highest BCUT2D eigenvalue weighted by atomic mass is 79.9. The van der Waals surface area contributed by atoms with Gasteiger partial charge < -0.3 is 5.11 Å². The van der Waals surface area contributed by atoms with Crippen LogP contribution in [-0.2, 0) is 0 Å². The summed E-state index contributed by atoms with van der Waals surface area (Å²) in [5.41, 5.74) is 0.232. The van der Waals surface area contributed by atoms with Crippen LogP contribution in [0, 0.1) is 21.4 Å². The van der Waals surface area contributed by atoms with Crippen molar-refractivity contribution in [3.05, 3.63) is 38.3 Å². The molecule has 78 valence electrons. The van der Waals surface area contributed by atoms with Gasteiger partial charge in [0.2, 0.25) is 0 Å². The molecule has 6 heteroatoms. The Kier molecular flexibility index (Phi) is 3.77. The number of nitrogens with zero attached hydrogens (tertiary/aromatic N) is 2. The minimum atomic E-state index is -1.01. The molecule has 0 aliphatic rings. The fraction of sp³-hybridized carbons (Fsp3) is 0.222. The van der Waals surface area contributed by atoms with Gasteiger partial charge in [0.1, 0.15) is 4.47 Å². The van der Waals surface area contributed by atoms with Crippen molar-refractivity contribution in [3.63, 3.8) is 0 Å². The molecule has 1 aromatic carbocycles. The predicted octanol–water partition coefficient (Wildman–Crippen LogP) is 2.30. The second-order valence-corrected chi connectivity index (χ2v) is 3.61. The topological polar surface area (TPSA) is 87.2 Å². The van der Waals surface area contributed by atoms with Gasteiger partial charge in [-0.1, -0.05) is 12.1 Å². The third kappa shape index (κ3) is 2.52. The minimum Gasteiger partial charge on any atom is -0.387 e. The van der Waals surface area contributed by atoms with E-state index in [1.54, 1.807) is 12.1 Å². The zero-order valence-electron chi connectivity index (χ0n) is 7.55. The van der Waals surface area contributed by atoms with Gasteiger partial charge in [0.25, 0.3) is 5.69 Å². The third-order valence-corrected chi connectivity index (χ3v) is 2.71. The molecule has 0 aliphatic carbocycles. The Hall–Kier alpha value is -1.45. The molecule has 1 N–H and O–H groups in total. The number of rotatable bonds is 3. The van der Waals surface area contributed by atoms with E-state index in [2.05, 4.69) is 15.9 Å². The highest BCUT2D eigenvalue weighted by Crippen LogP contribution is 2.32. The van der Waals surface area contributed by atoms with E-state index in [4.69, 9.17) is 5.26 Å². The summed E-state index contributed by atoms with van der Waals surface area (Å²) < 4.78 is 0.220. The molecule has 0 saturated heterocycles. The lowest BCUT2D eigenvalue weighted by atomic mass is 10.1. The van der Waals surface area contributed by atoms with Crippen LogP contribution in [0.1, 0.15) is 18.1 Å². The Bertz CT molecular complexity index is 428. The van der Waals surface area contributed by atoms with E-state index in [-0.39, 0.29) is 16.6 Å². The first-order valence-electron chi connectivity index (χ1n) is 4.05. The van der Waals surface area contributed by atoms with Crippen molar-refractivity contribution >= 4 is 21.6 Å². The molecule has 0 aliphatic heterocycles. The first-order valence-corrected chi connectivity index (χ1v) is 4.85. The SMILES string of the molecule is N#CCC(O)c1cccc([N+](=O)[O-])c1Br. The predicted molar refractivity (Wildman–Crippen MR) is 56.0 cm³/mol. The van der Waals surface area contributed by atoms with E-state index in [1.165, 1.54) is 12.1 Å². The summed E-state index contributed by atoms with van der Waals surface area (Å²) in [6.45, 7) is 0. The van der Waals surface area contributed by atoms with Gasteiger partial charge >= 0.3 is 0 Å². The molecule has 0 aromatic heterocycles. The van der Waals surface area contributed by atoms with Gasteiger partial charge in [-0.2, -0.15) is 5.26 Å². The van der Waals surface area contributed by atoms with Crippen molar-refractivity contribution in [2.75, 3.05) is 0 Å². The van der Waals surface area contributed by atoms with Crippen molar-refractivity contribution < 1.29 is 10.0 Å². The summed E-state index contributed by atoms with van der Waals surface area (Å²) in [4.78, 5) is 10.0. The standard InChI is InChI=1S/C9H7BrN2O3/c10-9-6(8(13)4-5-11)2-1-3-7(9)12(14)15/h1-3,8,13H,4H2. The zero-order chi connectivity index (χ0) is 11.4. The molecular weight excluding hydrogens is 264 g/mol. The molecule has 1 atom stereocenters. The number of nitriles is 1. The molecule has 1 aromatic rings. The average molecular weight is 271 g/mol. The van der Waals surface area contributed by atoms with Crippen molar-refractivity contribution in [2.45, 2.75) is 12.5 Å². The van der Waals surface area contributed by atoms with Crippen LogP contribution in [0.15, 0.2) is 22.7 Å². The van der Waals surface area contributed by atoms with Crippen LogP contribution in [0.25, 0.3) is 0 Å². The number of aliphatic hydroxyl groups excluding tert-OH is 1.